The van der Waals surface area contributed by atoms with Crippen LogP contribution in [0.1, 0.15) is 44.5 Å². The molecule has 1 saturated heterocycles. The number of nitrogens with one attached hydrogen (secondary N) is 1. The molecular formula is C13H22ClN3O. The molecule has 4 nitrogen and oxygen atoms in total. The van der Waals surface area contributed by atoms with E-state index in [0.717, 1.165) is 36.8 Å². The summed E-state index contributed by atoms with van der Waals surface area (Å²) in [6, 6.07) is 0.578. The molecule has 18 heavy (non-hydrogen) atoms. The van der Waals surface area contributed by atoms with Gasteiger partial charge in [-0.2, -0.15) is 5.10 Å². The average Bonchev–Trinajstić information content (AvgIpc) is 2.74. The lowest BCUT2D eigenvalue weighted by molar-refractivity contribution is 0.0533. The first-order chi connectivity index (χ1) is 8.65. The van der Waals surface area contributed by atoms with Crippen LogP contribution in [-0.2, 0) is 4.74 Å². The molecule has 5 heteroatoms. The Kier molecular flexibility index (Phi) is 4.65. The van der Waals surface area contributed by atoms with Crippen LogP contribution in [0.15, 0.2) is 6.20 Å². The Hall–Kier alpha value is -0.580. The van der Waals surface area contributed by atoms with E-state index in [0.29, 0.717) is 12.0 Å². The molecule has 0 aromatic carbocycles. The quantitative estimate of drug-likeness (QED) is 0.915. The molecule has 2 rings (SSSR count). The van der Waals surface area contributed by atoms with Crippen molar-refractivity contribution in [2.24, 2.45) is 5.92 Å². The van der Waals surface area contributed by atoms with Crippen molar-refractivity contribution in [2.75, 3.05) is 20.3 Å². The van der Waals surface area contributed by atoms with Crippen molar-refractivity contribution in [3.63, 3.8) is 0 Å². The zero-order valence-electron chi connectivity index (χ0n) is 11.3. The fourth-order valence-corrected chi connectivity index (χ4v) is 2.95. The molecule has 0 radical (unpaired) electrons. The predicted molar refractivity (Wildman–Crippen MR) is 73.0 cm³/mol. The van der Waals surface area contributed by atoms with E-state index in [9.17, 15) is 0 Å². The highest BCUT2D eigenvalue weighted by molar-refractivity contribution is 6.31. The van der Waals surface area contributed by atoms with Crippen LogP contribution in [-0.4, -0.2) is 30.0 Å². The third kappa shape index (κ3) is 2.71. The summed E-state index contributed by atoms with van der Waals surface area (Å²) in [6.07, 6.45) is 3.90. The van der Waals surface area contributed by atoms with Gasteiger partial charge in [-0.05, 0) is 39.7 Å². The zero-order valence-corrected chi connectivity index (χ0v) is 12.1. The van der Waals surface area contributed by atoms with Gasteiger partial charge < -0.3 is 10.1 Å². The second kappa shape index (κ2) is 6.04. The Balaban J connectivity index is 2.28. The van der Waals surface area contributed by atoms with Crippen LogP contribution in [0.3, 0.4) is 0 Å². The number of hydrogen-bond acceptors (Lipinski definition) is 3. The highest BCUT2D eigenvalue weighted by atomic mass is 35.5. The van der Waals surface area contributed by atoms with Gasteiger partial charge in [-0.25, -0.2) is 0 Å². The standard InChI is InChI=1S/C13H22ClN3O/c1-9(2)17-13(11(14)8-16-17)12(15-3)10-4-6-18-7-5-10/h8-10,12,15H,4-7H2,1-3H3. The maximum atomic E-state index is 6.33. The largest absolute Gasteiger partial charge is 0.381 e. The molecule has 0 spiro atoms. The van der Waals surface area contributed by atoms with Gasteiger partial charge in [-0.15, -0.1) is 0 Å². The van der Waals surface area contributed by atoms with Gasteiger partial charge in [0.2, 0.25) is 0 Å². The average molecular weight is 272 g/mol. The first-order valence-electron chi connectivity index (χ1n) is 6.63. The molecule has 0 amide bonds. The first kappa shape index (κ1) is 13.8. The normalized spacial score (nSPS) is 19.4. The van der Waals surface area contributed by atoms with Crippen molar-refractivity contribution in [1.82, 2.24) is 15.1 Å². The van der Waals surface area contributed by atoms with Gasteiger partial charge in [-0.1, -0.05) is 11.6 Å². The molecule has 1 aliphatic rings. The van der Waals surface area contributed by atoms with Crippen molar-refractivity contribution in [3.05, 3.63) is 16.9 Å². The van der Waals surface area contributed by atoms with Gasteiger partial charge >= 0.3 is 0 Å². The summed E-state index contributed by atoms with van der Waals surface area (Å²) in [5, 5.41) is 8.56. The maximum absolute atomic E-state index is 6.33. The van der Waals surface area contributed by atoms with Crippen molar-refractivity contribution in [1.29, 1.82) is 0 Å². The van der Waals surface area contributed by atoms with Crippen molar-refractivity contribution >= 4 is 11.6 Å². The minimum absolute atomic E-state index is 0.256. The second-order valence-corrected chi connectivity index (χ2v) is 5.54. The van der Waals surface area contributed by atoms with E-state index >= 15 is 0 Å². The van der Waals surface area contributed by atoms with E-state index < -0.39 is 0 Å². The van der Waals surface area contributed by atoms with E-state index in [1.807, 2.05) is 11.7 Å². The molecule has 1 atom stereocenters. The Morgan fingerprint density at radius 1 is 1.44 bits per heavy atom. The van der Waals surface area contributed by atoms with E-state index in [2.05, 4.69) is 24.3 Å². The summed E-state index contributed by atoms with van der Waals surface area (Å²) < 4.78 is 7.46. The lowest BCUT2D eigenvalue weighted by Gasteiger charge is -2.31. The topological polar surface area (TPSA) is 39.1 Å². The van der Waals surface area contributed by atoms with E-state index in [1.165, 1.54) is 0 Å². The van der Waals surface area contributed by atoms with Crippen LogP contribution < -0.4 is 5.32 Å². The Morgan fingerprint density at radius 3 is 2.67 bits per heavy atom. The summed E-state index contributed by atoms with van der Waals surface area (Å²) in [6.45, 7) is 5.94. The highest BCUT2D eigenvalue weighted by Crippen LogP contribution is 2.34. The minimum atomic E-state index is 0.256. The molecular weight excluding hydrogens is 250 g/mol. The Morgan fingerprint density at radius 2 is 2.11 bits per heavy atom. The minimum Gasteiger partial charge on any atom is -0.381 e. The van der Waals surface area contributed by atoms with Gasteiger partial charge in [0.05, 0.1) is 23.0 Å². The maximum Gasteiger partial charge on any atom is 0.0834 e. The number of ether oxygens (including phenoxy) is 1. The zero-order chi connectivity index (χ0) is 13.1. The molecule has 1 N–H and O–H groups in total. The van der Waals surface area contributed by atoms with Gasteiger partial charge in [0.1, 0.15) is 0 Å². The third-order valence-electron chi connectivity index (χ3n) is 3.62. The van der Waals surface area contributed by atoms with Gasteiger partial charge in [-0.3, -0.25) is 4.68 Å². The molecule has 1 aromatic heterocycles. The van der Waals surface area contributed by atoms with E-state index in [-0.39, 0.29) is 6.04 Å². The number of rotatable bonds is 4. The second-order valence-electron chi connectivity index (χ2n) is 5.13. The van der Waals surface area contributed by atoms with Crippen LogP contribution >= 0.6 is 11.6 Å². The number of aromatic nitrogens is 2. The Labute approximate surface area is 114 Å². The van der Waals surface area contributed by atoms with Crippen LogP contribution in [0.4, 0.5) is 0 Å². The van der Waals surface area contributed by atoms with E-state index in [4.69, 9.17) is 16.3 Å². The smallest absolute Gasteiger partial charge is 0.0834 e. The van der Waals surface area contributed by atoms with Crippen molar-refractivity contribution < 1.29 is 4.74 Å². The number of hydrogen-bond donors (Lipinski definition) is 1. The van der Waals surface area contributed by atoms with Crippen LogP contribution in [0.25, 0.3) is 0 Å². The highest BCUT2D eigenvalue weighted by Gasteiger charge is 2.29. The van der Waals surface area contributed by atoms with E-state index in [1.54, 1.807) is 6.20 Å². The molecule has 102 valence electrons. The fourth-order valence-electron chi connectivity index (χ4n) is 2.70. The third-order valence-corrected chi connectivity index (χ3v) is 3.91. The van der Waals surface area contributed by atoms with Crippen molar-refractivity contribution in [2.45, 2.75) is 38.8 Å². The molecule has 1 aliphatic heterocycles. The molecule has 2 heterocycles. The van der Waals surface area contributed by atoms with Gasteiger partial charge in [0.15, 0.2) is 0 Å². The van der Waals surface area contributed by atoms with Crippen LogP contribution in [0, 0.1) is 5.92 Å². The lowest BCUT2D eigenvalue weighted by atomic mass is 9.89. The fraction of sp³-hybridized carbons (Fsp3) is 0.769. The molecule has 1 unspecified atom stereocenters. The predicted octanol–water partition coefficient (Wildman–Crippen LogP) is 2.80. The van der Waals surface area contributed by atoms with Crippen LogP contribution in [0.2, 0.25) is 5.02 Å². The summed E-state index contributed by atoms with van der Waals surface area (Å²) >= 11 is 6.33. The summed E-state index contributed by atoms with van der Waals surface area (Å²) in [5.41, 5.74) is 1.11. The molecule has 0 aliphatic carbocycles. The van der Waals surface area contributed by atoms with Crippen LogP contribution in [0.5, 0.6) is 0 Å². The number of nitrogens with zero attached hydrogens (tertiary/aromatic N) is 2. The van der Waals surface area contributed by atoms with Gasteiger partial charge in [0, 0.05) is 19.3 Å². The SMILES string of the molecule is CNC(c1c(Cl)cnn1C(C)C)C1CCOCC1. The summed E-state index contributed by atoms with van der Waals surface area (Å²) in [4.78, 5) is 0. The summed E-state index contributed by atoms with van der Waals surface area (Å²) in [7, 11) is 1.99. The van der Waals surface area contributed by atoms with Gasteiger partial charge in [0.25, 0.3) is 0 Å². The molecule has 0 bridgehead atoms. The molecule has 1 aromatic rings. The monoisotopic (exact) mass is 271 g/mol. The molecule has 0 saturated carbocycles. The summed E-state index contributed by atoms with van der Waals surface area (Å²) in [5.74, 6) is 0.565. The Bertz CT molecular complexity index is 386. The first-order valence-corrected chi connectivity index (χ1v) is 7.00. The lowest BCUT2D eigenvalue weighted by Crippen LogP contribution is -2.32. The molecule has 1 fully saturated rings. The number of halogens is 1. The van der Waals surface area contributed by atoms with Crippen molar-refractivity contribution in [3.8, 4) is 0 Å².